The van der Waals surface area contributed by atoms with E-state index >= 15 is 0 Å². The van der Waals surface area contributed by atoms with E-state index in [1.54, 1.807) is 6.20 Å². The largest absolute Gasteiger partial charge is 0.465 e. The Balaban J connectivity index is 2.68. The highest BCUT2D eigenvalue weighted by molar-refractivity contribution is 5.80. The molecule has 1 atom stereocenters. The van der Waals surface area contributed by atoms with Crippen molar-refractivity contribution in [3.63, 3.8) is 0 Å². The molecule has 0 fully saturated rings. The number of nitrogens with one attached hydrogen (secondary N) is 1. The summed E-state index contributed by atoms with van der Waals surface area (Å²) in [6, 6.07) is 1.96. The van der Waals surface area contributed by atoms with Crippen molar-refractivity contribution in [3.8, 4) is 0 Å². The van der Waals surface area contributed by atoms with Gasteiger partial charge in [0.05, 0.1) is 6.61 Å². The number of nitrogens with zero attached hydrogens (tertiary/aromatic N) is 2. The van der Waals surface area contributed by atoms with Gasteiger partial charge in [0, 0.05) is 18.4 Å². The summed E-state index contributed by atoms with van der Waals surface area (Å²) in [7, 11) is 0. The van der Waals surface area contributed by atoms with Gasteiger partial charge in [0.25, 0.3) is 0 Å². The Morgan fingerprint density at radius 3 is 2.79 bits per heavy atom. The highest BCUT2D eigenvalue weighted by atomic mass is 16.5. The molecule has 1 unspecified atom stereocenters. The predicted molar refractivity (Wildman–Crippen MR) is 74.9 cm³/mol. The molecule has 1 N–H and O–H groups in total. The van der Waals surface area contributed by atoms with Crippen LogP contribution in [0.3, 0.4) is 0 Å². The quantitative estimate of drug-likeness (QED) is 0.731. The lowest BCUT2D eigenvalue weighted by Crippen LogP contribution is -2.51. The van der Waals surface area contributed by atoms with Crippen molar-refractivity contribution in [1.82, 2.24) is 15.1 Å². The molecule has 5 heteroatoms. The van der Waals surface area contributed by atoms with E-state index in [2.05, 4.69) is 17.3 Å². The van der Waals surface area contributed by atoms with E-state index in [9.17, 15) is 4.79 Å². The number of hydrogen-bond donors (Lipinski definition) is 1. The van der Waals surface area contributed by atoms with Gasteiger partial charge in [-0.15, -0.1) is 0 Å². The molecule has 0 aromatic carbocycles. The van der Waals surface area contributed by atoms with Crippen molar-refractivity contribution in [2.75, 3.05) is 13.2 Å². The summed E-state index contributed by atoms with van der Waals surface area (Å²) in [4.78, 5) is 12.1. The molecule has 1 aromatic rings. The van der Waals surface area contributed by atoms with Crippen molar-refractivity contribution >= 4 is 5.97 Å². The summed E-state index contributed by atoms with van der Waals surface area (Å²) in [5, 5.41) is 7.54. The Morgan fingerprint density at radius 1 is 1.53 bits per heavy atom. The second kappa shape index (κ2) is 7.28. The highest BCUT2D eigenvalue weighted by Gasteiger charge is 2.33. The number of aryl methyl sites for hydroxylation is 2. The lowest BCUT2D eigenvalue weighted by molar-refractivity contribution is -0.151. The van der Waals surface area contributed by atoms with Gasteiger partial charge in [-0.1, -0.05) is 6.92 Å². The molecule has 1 heterocycles. The van der Waals surface area contributed by atoms with Gasteiger partial charge in [-0.05, 0) is 46.2 Å². The molecule has 0 saturated heterocycles. The third-order valence-corrected chi connectivity index (χ3v) is 3.24. The molecular weight excluding hydrogens is 242 g/mol. The topological polar surface area (TPSA) is 56.2 Å². The fourth-order valence-corrected chi connectivity index (χ4v) is 1.92. The van der Waals surface area contributed by atoms with E-state index in [4.69, 9.17) is 4.74 Å². The zero-order valence-corrected chi connectivity index (χ0v) is 12.4. The minimum absolute atomic E-state index is 0.187. The highest BCUT2D eigenvalue weighted by Crippen LogP contribution is 2.14. The number of ether oxygens (including phenoxy) is 1. The summed E-state index contributed by atoms with van der Waals surface area (Å²) in [5.74, 6) is -0.187. The van der Waals surface area contributed by atoms with Crippen molar-refractivity contribution < 1.29 is 9.53 Å². The van der Waals surface area contributed by atoms with E-state index in [0.717, 1.165) is 18.7 Å². The number of carbonyl (C=O) groups is 1. The smallest absolute Gasteiger partial charge is 0.326 e. The molecule has 108 valence electrons. The van der Waals surface area contributed by atoms with Crippen LogP contribution < -0.4 is 5.32 Å². The van der Waals surface area contributed by atoms with Crippen LogP contribution in [-0.2, 0) is 16.1 Å². The van der Waals surface area contributed by atoms with Gasteiger partial charge in [0.15, 0.2) is 0 Å². The van der Waals surface area contributed by atoms with Crippen molar-refractivity contribution in [2.45, 2.75) is 52.6 Å². The van der Waals surface area contributed by atoms with Crippen LogP contribution in [0.5, 0.6) is 0 Å². The average molecular weight is 267 g/mol. The third-order valence-electron chi connectivity index (χ3n) is 3.24. The molecule has 5 nitrogen and oxygen atoms in total. The summed E-state index contributed by atoms with van der Waals surface area (Å²) >= 11 is 0. The van der Waals surface area contributed by atoms with Crippen LogP contribution in [0.25, 0.3) is 0 Å². The Kier molecular flexibility index (Phi) is 6.02. The second-order valence-corrected chi connectivity index (χ2v) is 4.93. The summed E-state index contributed by atoms with van der Waals surface area (Å²) in [6.45, 7) is 9.72. The average Bonchev–Trinajstić information content (AvgIpc) is 2.80. The minimum Gasteiger partial charge on any atom is -0.465 e. The van der Waals surface area contributed by atoms with Gasteiger partial charge in [-0.3, -0.25) is 9.48 Å². The predicted octanol–water partition coefficient (Wildman–Crippen LogP) is 1.90. The molecule has 19 heavy (non-hydrogen) atoms. The molecule has 0 saturated carbocycles. The fourth-order valence-electron chi connectivity index (χ4n) is 1.92. The standard InChI is InChI=1S/C14H25N3O2/c1-5-9-15-14(4,13(18)19-6-2)8-11-17-12(3)7-10-16-17/h7,10,15H,5-6,8-9,11H2,1-4H3. The molecule has 1 rings (SSSR count). The first kappa shape index (κ1) is 15.7. The van der Waals surface area contributed by atoms with Gasteiger partial charge in [-0.2, -0.15) is 5.10 Å². The molecular formula is C14H25N3O2. The fraction of sp³-hybridized carbons (Fsp3) is 0.714. The van der Waals surface area contributed by atoms with Crippen LogP contribution in [0.4, 0.5) is 0 Å². The van der Waals surface area contributed by atoms with Gasteiger partial charge in [0.2, 0.25) is 0 Å². The Hall–Kier alpha value is -1.36. The third kappa shape index (κ3) is 4.35. The van der Waals surface area contributed by atoms with Crippen LogP contribution in [-0.4, -0.2) is 34.4 Å². The molecule has 0 aliphatic rings. The number of carbonyl (C=O) groups excluding carboxylic acids is 1. The maximum Gasteiger partial charge on any atom is 0.326 e. The van der Waals surface area contributed by atoms with Crippen LogP contribution in [0.1, 0.15) is 39.3 Å². The molecule has 1 aromatic heterocycles. The Morgan fingerprint density at radius 2 is 2.26 bits per heavy atom. The molecule has 0 spiro atoms. The number of esters is 1. The molecule has 0 aliphatic carbocycles. The van der Waals surface area contributed by atoms with E-state index in [0.29, 0.717) is 19.6 Å². The van der Waals surface area contributed by atoms with Crippen molar-refractivity contribution in [1.29, 1.82) is 0 Å². The van der Waals surface area contributed by atoms with Crippen LogP contribution >= 0.6 is 0 Å². The van der Waals surface area contributed by atoms with Crippen molar-refractivity contribution in [2.24, 2.45) is 0 Å². The normalized spacial score (nSPS) is 14.1. The SMILES string of the molecule is CCCNC(C)(CCn1nccc1C)C(=O)OCC. The van der Waals surface area contributed by atoms with Crippen molar-refractivity contribution in [3.05, 3.63) is 18.0 Å². The van der Waals surface area contributed by atoms with Gasteiger partial charge >= 0.3 is 5.97 Å². The summed E-state index contributed by atoms with van der Waals surface area (Å²) in [5.41, 5.74) is 0.450. The zero-order valence-electron chi connectivity index (χ0n) is 12.4. The van der Waals surface area contributed by atoms with Crippen LogP contribution in [0, 0.1) is 6.92 Å². The molecule has 0 bridgehead atoms. The van der Waals surface area contributed by atoms with Gasteiger partial charge in [0.1, 0.15) is 5.54 Å². The van der Waals surface area contributed by atoms with Crippen LogP contribution in [0.2, 0.25) is 0 Å². The van der Waals surface area contributed by atoms with E-state index in [1.807, 2.05) is 31.5 Å². The Bertz CT molecular complexity index is 403. The second-order valence-electron chi connectivity index (χ2n) is 4.93. The minimum atomic E-state index is -0.648. The number of aromatic nitrogens is 2. The molecule has 0 aliphatic heterocycles. The maximum absolute atomic E-state index is 12.1. The van der Waals surface area contributed by atoms with E-state index < -0.39 is 5.54 Å². The summed E-state index contributed by atoms with van der Waals surface area (Å²) < 4.78 is 7.08. The first-order valence-electron chi connectivity index (χ1n) is 6.94. The van der Waals surface area contributed by atoms with Crippen LogP contribution in [0.15, 0.2) is 12.3 Å². The number of hydrogen-bond acceptors (Lipinski definition) is 4. The molecule has 0 amide bonds. The van der Waals surface area contributed by atoms with E-state index in [-0.39, 0.29) is 5.97 Å². The van der Waals surface area contributed by atoms with E-state index in [1.165, 1.54) is 0 Å². The van der Waals surface area contributed by atoms with Gasteiger partial charge in [-0.25, -0.2) is 0 Å². The molecule has 0 radical (unpaired) electrons. The lowest BCUT2D eigenvalue weighted by atomic mass is 9.97. The maximum atomic E-state index is 12.1. The lowest BCUT2D eigenvalue weighted by Gasteiger charge is -2.28. The summed E-state index contributed by atoms with van der Waals surface area (Å²) in [6.07, 6.45) is 3.42. The van der Waals surface area contributed by atoms with Gasteiger partial charge < -0.3 is 10.1 Å². The Labute approximate surface area is 115 Å². The zero-order chi connectivity index (χ0) is 14.3. The first-order chi connectivity index (χ1) is 9.03. The monoisotopic (exact) mass is 267 g/mol. The number of rotatable bonds is 8. The first-order valence-corrected chi connectivity index (χ1v) is 6.94.